The Kier molecular flexibility index (Phi) is 3.54. The molecule has 0 spiro atoms. The number of hydrogen-bond donors (Lipinski definition) is 1. The smallest absolute Gasteiger partial charge is 0.126 e. The molecular formula is C13H17F2N. The molecule has 1 aliphatic heterocycles. The van der Waals surface area contributed by atoms with Crippen molar-refractivity contribution >= 4 is 0 Å². The lowest BCUT2D eigenvalue weighted by molar-refractivity contribution is 0.326. The Morgan fingerprint density at radius 2 is 1.88 bits per heavy atom. The molecule has 1 aromatic carbocycles. The maximum absolute atomic E-state index is 13.0. The van der Waals surface area contributed by atoms with Gasteiger partial charge in [-0.2, -0.15) is 0 Å². The third kappa shape index (κ3) is 3.01. The van der Waals surface area contributed by atoms with E-state index in [4.69, 9.17) is 0 Å². The number of halogens is 2. The highest BCUT2D eigenvalue weighted by molar-refractivity contribution is 5.19. The van der Waals surface area contributed by atoms with E-state index in [2.05, 4.69) is 12.2 Å². The van der Waals surface area contributed by atoms with Gasteiger partial charge in [0.05, 0.1) is 0 Å². The molecular weight excluding hydrogens is 208 g/mol. The summed E-state index contributed by atoms with van der Waals surface area (Å²) in [6.07, 6.45) is 2.98. The maximum Gasteiger partial charge on any atom is 0.126 e. The Bertz CT molecular complexity index is 337. The predicted molar refractivity (Wildman–Crippen MR) is 60.3 cm³/mol. The van der Waals surface area contributed by atoms with Crippen LogP contribution in [-0.4, -0.2) is 12.6 Å². The van der Waals surface area contributed by atoms with E-state index in [1.165, 1.54) is 18.6 Å². The molecule has 0 amide bonds. The van der Waals surface area contributed by atoms with Crippen LogP contribution in [0.4, 0.5) is 8.78 Å². The molecule has 1 saturated heterocycles. The molecule has 2 atom stereocenters. The standard InChI is InChI=1S/C13H17F2N/c1-9-2-3-13(16-8-9)6-10-4-11(14)7-12(15)5-10/h4-5,7,9,13,16H,2-3,6,8H2,1H3. The Morgan fingerprint density at radius 1 is 1.19 bits per heavy atom. The third-order valence-corrected chi connectivity index (χ3v) is 3.17. The molecule has 0 bridgehead atoms. The van der Waals surface area contributed by atoms with E-state index in [1.807, 2.05) is 0 Å². The first-order chi connectivity index (χ1) is 7.63. The average Bonchev–Trinajstić information content (AvgIpc) is 2.20. The first-order valence-corrected chi connectivity index (χ1v) is 5.82. The molecule has 0 aliphatic carbocycles. The van der Waals surface area contributed by atoms with E-state index in [1.54, 1.807) is 0 Å². The van der Waals surface area contributed by atoms with Gasteiger partial charge in [-0.1, -0.05) is 6.92 Å². The van der Waals surface area contributed by atoms with Crippen LogP contribution in [0.1, 0.15) is 25.3 Å². The van der Waals surface area contributed by atoms with Crippen molar-refractivity contribution in [3.8, 4) is 0 Å². The van der Waals surface area contributed by atoms with Crippen LogP contribution in [0.15, 0.2) is 18.2 Å². The molecule has 1 heterocycles. The molecule has 0 radical (unpaired) electrons. The van der Waals surface area contributed by atoms with Gasteiger partial charge in [0, 0.05) is 12.1 Å². The van der Waals surface area contributed by atoms with Crippen molar-refractivity contribution in [3.63, 3.8) is 0 Å². The Morgan fingerprint density at radius 3 is 2.44 bits per heavy atom. The van der Waals surface area contributed by atoms with E-state index in [-0.39, 0.29) is 0 Å². The van der Waals surface area contributed by atoms with Gasteiger partial charge in [-0.25, -0.2) is 8.78 Å². The van der Waals surface area contributed by atoms with E-state index < -0.39 is 11.6 Å². The SMILES string of the molecule is CC1CCC(Cc2cc(F)cc(F)c2)NC1. The summed E-state index contributed by atoms with van der Waals surface area (Å²) < 4.78 is 26.0. The minimum atomic E-state index is -0.487. The molecule has 2 rings (SSSR count). The summed E-state index contributed by atoms with van der Waals surface area (Å²) in [4.78, 5) is 0. The normalized spacial score (nSPS) is 25.7. The van der Waals surface area contributed by atoms with Crippen molar-refractivity contribution in [2.24, 2.45) is 5.92 Å². The van der Waals surface area contributed by atoms with Gasteiger partial charge >= 0.3 is 0 Å². The predicted octanol–water partition coefficient (Wildman–Crippen LogP) is 2.90. The lowest BCUT2D eigenvalue weighted by Gasteiger charge is -2.27. The zero-order chi connectivity index (χ0) is 11.5. The van der Waals surface area contributed by atoms with Crippen molar-refractivity contribution in [3.05, 3.63) is 35.4 Å². The van der Waals surface area contributed by atoms with E-state index in [9.17, 15) is 8.78 Å². The fraction of sp³-hybridized carbons (Fsp3) is 0.538. The van der Waals surface area contributed by atoms with Crippen LogP contribution in [0, 0.1) is 17.6 Å². The first-order valence-electron chi connectivity index (χ1n) is 5.82. The summed E-state index contributed by atoms with van der Waals surface area (Å²) >= 11 is 0. The molecule has 1 aromatic rings. The number of nitrogens with one attached hydrogen (secondary N) is 1. The molecule has 16 heavy (non-hydrogen) atoms. The molecule has 0 saturated carbocycles. The summed E-state index contributed by atoms with van der Waals surface area (Å²) in [6, 6.07) is 4.11. The van der Waals surface area contributed by atoms with E-state index in [0.29, 0.717) is 18.4 Å². The summed E-state index contributed by atoms with van der Waals surface area (Å²) in [5.41, 5.74) is 0.740. The summed E-state index contributed by atoms with van der Waals surface area (Å²) in [6.45, 7) is 3.22. The largest absolute Gasteiger partial charge is 0.313 e. The van der Waals surface area contributed by atoms with Crippen LogP contribution < -0.4 is 5.32 Å². The molecule has 0 aromatic heterocycles. The highest BCUT2D eigenvalue weighted by Crippen LogP contribution is 2.17. The second-order valence-electron chi connectivity index (χ2n) is 4.77. The Labute approximate surface area is 94.9 Å². The number of piperidine rings is 1. The summed E-state index contributed by atoms with van der Waals surface area (Å²) in [5.74, 6) is -0.265. The van der Waals surface area contributed by atoms with Crippen molar-refractivity contribution in [2.45, 2.75) is 32.2 Å². The fourth-order valence-electron chi connectivity index (χ4n) is 2.25. The maximum atomic E-state index is 13.0. The topological polar surface area (TPSA) is 12.0 Å². The molecule has 3 heteroatoms. The van der Waals surface area contributed by atoms with Gasteiger partial charge in [0.25, 0.3) is 0 Å². The molecule has 1 N–H and O–H groups in total. The number of hydrogen-bond acceptors (Lipinski definition) is 1. The summed E-state index contributed by atoms with van der Waals surface area (Å²) in [7, 11) is 0. The highest BCUT2D eigenvalue weighted by atomic mass is 19.1. The van der Waals surface area contributed by atoms with Crippen LogP contribution in [0.5, 0.6) is 0 Å². The molecule has 1 fully saturated rings. The van der Waals surface area contributed by atoms with Gasteiger partial charge in [-0.05, 0) is 49.4 Å². The van der Waals surface area contributed by atoms with Crippen LogP contribution in [0.3, 0.4) is 0 Å². The minimum Gasteiger partial charge on any atom is -0.313 e. The van der Waals surface area contributed by atoms with Crippen molar-refractivity contribution < 1.29 is 8.78 Å². The van der Waals surface area contributed by atoms with E-state index >= 15 is 0 Å². The van der Waals surface area contributed by atoms with Crippen molar-refractivity contribution in [2.75, 3.05) is 6.54 Å². The first kappa shape index (κ1) is 11.5. The number of benzene rings is 1. The Balaban J connectivity index is 1.98. The molecule has 2 unspecified atom stereocenters. The van der Waals surface area contributed by atoms with Gasteiger partial charge < -0.3 is 5.32 Å². The molecule has 1 aliphatic rings. The average molecular weight is 225 g/mol. The molecule has 1 nitrogen and oxygen atoms in total. The van der Waals surface area contributed by atoms with Gasteiger partial charge in [0.15, 0.2) is 0 Å². The van der Waals surface area contributed by atoms with Crippen molar-refractivity contribution in [1.82, 2.24) is 5.32 Å². The lowest BCUT2D eigenvalue weighted by Crippen LogP contribution is -2.39. The fourth-order valence-corrected chi connectivity index (χ4v) is 2.25. The van der Waals surface area contributed by atoms with Gasteiger partial charge in [-0.3, -0.25) is 0 Å². The Hall–Kier alpha value is -0.960. The zero-order valence-electron chi connectivity index (χ0n) is 9.47. The lowest BCUT2D eigenvalue weighted by atomic mass is 9.92. The van der Waals surface area contributed by atoms with Gasteiger partial charge in [0.1, 0.15) is 11.6 Å². The molecule has 88 valence electrons. The monoisotopic (exact) mass is 225 g/mol. The van der Waals surface area contributed by atoms with Crippen LogP contribution >= 0.6 is 0 Å². The highest BCUT2D eigenvalue weighted by Gasteiger charge is 2.17. The number of rotatable bonds is 2. The minimum absolute atomic E-state index is 0.359. The second-order valence-corrected chi connectivity index (χ2v) is 4.77. The van der Waals surface area contributed by atoms with Crippen LogP contribution in [0.25, 0.3) is 0 Å². The third-order valence-electron chi connectivity index (χ3n) is 3.17. The van der Waals surface area contributed by atoms with Gasteiger partial charge in [0.2, 0.25) is 0 Å². The van der Waals surface area contributed by atoms with Gasteiger partial charge in [-0.15, -0.1) is 0 Å². The van der Waals surface area contributed by atoms with Crippen LogP contribution in [-0.2, 0) is 6.42 Å². The van der Waals surface area contributed by atoms with E-state index in [0.717, 1.165) is 24.6 Å². The van der Waals surface area contributed by atoms with Crippen LogP contribution in [0.2, 0.25) is 0 Å². The van der Waals surface area contributed by atoms with Crippen molar-refractivity contribution in [1.29, 1.82) is 0 Å². The summed E-state index contributed by atoms with van der Waals surface area (Å²) in [5, 5.41) is 3.41. The quantitative estimate of drug-likeness (QED) is 0.816. The zero-order valence-corrected chi connectivity index (χ0v) is 9.47. The second kappa shape index (κ2) is 4.91.